The van der Waals surface area contributed by atoms with Gasteiger partial charge >= 0.3 is 6.18 Å². The molecule has 1 aromatic carbocycles. The number of carbonyl (C=O) groups is 2. The third-order valence-corrected chi connectivity index (χ3v) is 2.44. The second-order valence-corrected chi connectivity index (χ2v) is 5.05. The summed E-state index contributed by atoms with van der Waals surface area (Å²) in [7, 11) is 0. The Kier molecular flexibility index (Phi) is 4.95. The molecule has 0 spiro atoms. The third-order valence-electron chi connectivity index (χ3n) is 2.44. The van der Waals surface area contributed by atoms with E-state index in [2.05, 4.69) is 5.32 Å². The Morgan fingerprint density at radius 3 is 2.10 bits per heavy atom. The number of nitrogens with one attached hydrogen (secondary N) is 2. The highest BCUT2D eigenvalue weighted by Crippen LogP contribution is 2.14. The number of alkyl halides is 3. The molecule has 0 radical (unpaired) electrons. The van der Waals surface area contributed by atoms with Crippen molar-refractivity contribution < 1.29 is 22.8 Å². The molecule has 0 fully saturated rings. The first-order valence-electron chi connectivity index (χ1n) is 6.04. The molecule has 0 saturated heterocycles. The lowest BCUT2D eigenvalue weighted by Crippen LogP contribution is -2.45. The summed E-state index contributed by atoms with van der Waals surface area (Å²) in [5, 5.41) is 4.28. The molecule has 0 atom stereocenters. The van der Waals surface area contributed by atoms with Crippen LogP contribution in [0.1, 0.15) is 24.2 Å². The Labute approximate surface area is 119 Å². The number of anilines is 1. The molecule has 1 rings (SSSR count). The summed E-state index contributed by atoms with van der Waals surface area (Å²) in [6, 6.07) is 5.44. The Balaban J connectivity index is 2.66. The SMILES string of the molecule is CC(C)(N)C(=O)Nc1ccc(C(=O)NCC(F)(F)F)cc1. The van der Waals surface area contributed by atoms with Crippen molar-refractivity contribution in [3.63, 3.8) is 0 Å². The van der Waals surface area contributed by atoms with E-state index in [4.69, 9.17) is 5.73 Å². The number of amides is 2. The zero-order valence-corrected chi connectivity index (χ0v) is 11.5. The fourth-order valence-electron chi connectivity index (χ4n) is 1.28. The van der Waals surface area contributed by atoms with E-state index in [9.17, 15) is 22.8 Å². The first-order valence-corrected chi connectivity index (χ1v) is 6.04. The predicted octanol–water partition coefficient (Wildman–Crippen LogP) is 1.65. The maximum atomic E-state index is 12.0. The van der Waals surface area contributed by atoms with Crippen LogP contribution in [0.5, 0.6) is 0 Å². The van der Waals surface area contributed by atoms with Crippen LogP contribution in [0.4, 0.5) is 18.9 Å². The van der Waals surface area contributed by atoms with E-state index in [0.717, 1.165) is 0 Å². The minimum absolute atomic E-state index is 0.0595. The van der Waals surface area contributed by atoms with Crippen LogP contribution in [-0.4, -0.2) is 30.1 Å². The van der Waals surface area contributed by atoms with Gasteiger partial charge < -0.3 is 16.4 Å². The molecule has 0 heterocycles. The van der Waals surface area contributed by atoms with Crippen LogP contribution in [0, 0.1) is 0 Å². The average Bonchev–Trinajstić information content (AvgIpc) is 2.35. The summed E-state index contributed by atoms with van der Waals surface area (Å²) < 4.78 is 35.9. The lowest BCUT2D eigenvalue weighted by molar-refractivity contribution is -0.123. The number of halogens is 3. The molecule has 0 aliphatic heterocycles. The molecular formula is C13H16F3N3O2. The molecular weight excluding hydrogens is 287 g/mol. The van der Waals surface area contributed by atoms with Gasteiger partial charge in [0, 0.05) is 11.3 Å². The number of hydrogen-bond donors (Lipinski definition) is 3. The summed E-state index contributed by atoms with van der Waals surface area (Å²) in [4.78, 5) is 23.1. The molecule has 8 heteroatoms. The second kappa shape index (κ2) is 6.13. The molecule has 21 heavy (non-hydrogen) atoms. The normalized spacial score (nSPS) is 11.9. The van der Waals surface area contributed by atoms with Crippen molar-refractivity contribution in [3.8, 4) is 0 Å². The zero-order valence-electron chi connectivity index (χ0n) is 11.5. The number of rotatable bonds is 4. The molecule has 0 bridgehead atoms. The van der Waals surface area contributed by atoms with Gasteiger partial charge in [-0.15, -0.1) is 0 Å². The van der Waals surface area contributed by atoms with Gasteiger partial charge in [-0.2, -0.15) is 13.2 Å². The average molecular weight is 303 g/mol. The van der Waals surface area contributed by atoms with E-state index in [1.807, 2.05) is 0 Å². The summed E-state index contributed by atoms with van der Waals surface area (Å²) in [6.45, 7) is 1.66. The summed E-state index contributed by atoms with van der Waals surface area (Å²) in [5.41, 5.74) is 4.99. The topological polar surface area (TPSA) is 84.2 Å². The molecule has 5 nitrogen and oxygen atoms in total. The summed E-state index contributed by atoms with van der Waals surface area (Å²) >= 11 is 0. The quantitative estimate of drug-likeness (QED) is 0.791. The number of benzene rings is 1. The molecule has 0 unspecified atom stereocenters. The monoisotopic (exact) mass is 303 g/mol. The summed E-state index contributed by atoms with van der Waals surface area (Å²) in [5.74, 6) is -1.26. The fraction of sp³-hybridized carbons (Fsp3) is 0.385. The minimum atomic E-state index is -4.46. The van der Waals surface area contributed by atoms with E-state index < -0.39 is 30.1 Å². The van der Waals surface area contributed by atoms with E-state index in [1.54, 1.807) is 5.32 Å². The van der Waals surface area contributed by atoms with Crippen molar-refractivity contribution in [1.82, 2.24) is 5.32 Å². The third kappa shape index (κ3) is 5.82. The van der Waals surface area contributed by atoms with Crippen LogP contribution in [0.15, 0.2) is 24.3 Å². The van der Waals surface area contributed by atoms with Gasteiger partial charge in [-0.25, -0.2) is 0 Å². The van der Waals surface area contributed by atoms with Crippen LogP contribution in [0.25, 0.3) is 0 Å². The largest absolute Gasteiger partial charge is 0.405 e. The Morgan fingerprint density at radius 2 is 1.67 bits per heavy atom. The highest BCUT2D eigenvalue weighted by Gasteiger charge is 2.28. The first-order chi connectivity index (χ1) is 9.49. The maximum absolute atomic E-state index is 12.0. The second-order valence-electron chi connectivity index (χ2n) is 5.05. The summed E-state index contributed by atoms with van der Waals surface area (Å²) in [6.07, 6.45) is -4.46. The smallest absolute Gasteiger partial charge is 0.343 e. The Hall–Kier alpha value is -2.09. The molecule has 0 aliphatic rings. The van der Waals surface area contributed by atoms with Crippen LogP contribution < -0.4 is 16.4 Å². The van der Waals surface area contributed by atoms with Gasteiger partial charge in [0.15, 0.2) is 0 Å². The van der Waals surface area contributed by atoms with E-state index in [-0.39, 0.29) is 5.56 Å². The molecule has 1 aromatic rings. The molecule has 4 N–H and O–H groups in total. The molecule has 2 amide bonds. The van der Waals surface area contributed by atoms with E-state index >= 15 is 0 Å². The lowest BCUT2D eigenvalue weighted by Gasteiger charge is -2.17. The van der Waals surface area contributed by atoms with Crippen molar-refractivity contribution in [2.75, 3.05) is 11.9 Å². The van der Waals surface area contributed by atoms with Gasteiger partial charge in [0.05, 0.1) is 5.54 Å². The molecule has 0 aromatic heterocycles. The minimum Gasteiger partial charge on any atom is -0.343 e. The van der Waals surface area contributed by atoms with Crippen molar-refractivity contribution in [1.29, 1.82) is 0 Å². The van der Waals surface area contributed by atoms with E-state index in [1.165, 1.54) is 38.1 Å². The standard InChI is InChI=1S/C13H16F3N3O2/c1-12(2,17)11(21)19-9-5-3-8(4-6-9)10(20)18-7-13(14,15)16/h3-6H,7,17H2,1-2H3,(H,18,20)(H,19,21). The fourth-order valence-corrected chi connectivity index (χ4v) is 1.28. The Bertz CT molecular complexity index is 519. The predicted molar refractivity (Wildman–Crippen MR) is 71.7 cm³/mol. The van der Waals surface area contributed by atoms with Gasteiger partial charge in [0.2, 0.25) is 5.91 Å². The zero-order chi connectivity index (χ0) is 16.3. The highest BCUT2D eigenvalue weighted by atomic mass is 19.4. The lowest BCUT2D eigenvalue weighted by atomic mass is 10.1. The Morgan fingerprint density at radius 1 is 1.14 bits per heavy atom. The van der Waals surface area contributed by atoms with Gasteiger partial charge in [-0.3, -0.25) is 9.59 Å². The number of hydrogen-bond acceptors (Lipinski definition) is 3. The number of carbonyl (C=O) groups excluding carboxylic acids is 2. The highest BCUT2D eigenvalue weighted by molar-refractivity contribution is 5.98. The van der Waals surface area contributed by atoms with E-state index in [0.29, 0.717) is 5.69 Å². The number of nitrogens with two attached hydrogens (primary N) is 1. The molecule has 0 saturated carbocycles. The maximum Gasteiger partial charge on any atom is 0.405 e. The van der Waals surface area contributed by atoms with Gasteiger partial charge in [0.1, 0.15) is 6.54 Å². The van der Waals surface area contributed by atoms with Crippen molar-refractivity contribution in [2.24, 2.45) is 5.73 Å². The molecule has 0 aliphatic carbocycles. The van der Waals surface area contributed by atoms with Crippen LogP contribution >= 0.6 is 0 Å². The van der Waals surface area contributed by atoms with Crippen molar-refractivity contribution in [3.05, 3.63) is 29.8 Å². The van der Waals surface area contributed by atoms with Gasteiger partial charge in [-0.1, -0.05) is 0 Å². The van der Waals surface area contributed by atoms with Crippen LogP contribution in [0.3, 0.4) is 0 Å². The van der Waals surface area contributed by atoms with Crippen molar-refractivity contribution in [2.45, 2.75) is 25.6 Å². The van der Waals surface area contributed by atoms with Crippen molar-refractivity contribution >= 4 is 17.5 Å². The molecule has 116 valence electrons. The first kappa shape index (κ1) is 17.0. The van der Waals surface area contributed by atoms with Gasteiger partial charge in [0.25, 0.3) is 5.91 Å². The van der Waals surface area contributed by atoms with Crippen LogP contribution in [0.2, 0.25) is 0 Å². The van der Waals surface area contributed by atoms with Gasteiger partial charge in [-0.05, 0) is 38.1 Å². The van der Waals surface area contributed by atoms with Crippen LogP contribution in [-0.2, 0) is 4.79 Å².